The van der Waals surface area contributed by atoms with Crippen LogP contribution in [0.15, 0.2) is 73.1 Å². The van der Waals surface area contributed by atoms with Gasteiger partial charge < -0.3 is 10.2 Å². The first-order chi connectivity index (χ1) is 13.0. The Hall–Kier alpha value is -3.47. The first-order valence-electron chi connectivity index (χ1n) is 8.66. The van der Waals surface area contributed by atoms with E-state index in [4.69, 9.17) is 0 Å². The third kappa shape index (κ3) is 4.58. The Bertz CT molecular complexity index is 955. The van der Waals surface area contributed by atoms with E-state index in [1.54, 1.807) is 18.0 Å². The summed E-state index contributed by atoms with van der Waals surface area (Å²) < 4.78 is 0. The van der Waals surface area contributed by atoms with Crippen LogP contribution < -0.4 is 5.32 Å². The van der Waals surface area contributed by atoms with Crippen LogP contribution >= 0.6 is 0 Å². The number of nitrogens with one attached hydrogen (secondary N) is 1. The van der Waals surface area contributed by atoms with Gasteiger partial charge in [0, 0.05) is 31.7 Å². The zero-order valence-corrected chi connectivity index (χ0v) is 15.3. The number of nitrogens with zero attached hydrogens (tertiary/aromatic N) is 2. The molecule has 5 nitrogen and oxygen atoms in total. The smallest absolute Gasteiger partial charge is 0.257 e. The van der Waals surface area contributed by atoms with Gasteiger partial charge in [0.2, 0.25) is 0 Å². The number of amides is 2. The molecule has 2 aromatic carbocycles. The zero-order valence-electron chi connectivity index (χ0n) is 15.3. The predicted molar refractivity (Wildman–Crippen MR) is 106 cm³/mol. The number of anilines is 1. The Labute approximate surface area is 158 Å². The molecule has 2 amide bonds. The van der Waals surface area contributed by atoms with Crippen LogP contribution in [0.4, 0.5) is 5.69 Å². The second kappa shape index (κ2) is 8.27. The second-order valence-electron chi connectivity index (χ2n) is 6.38. The molecule has 5 heteroatoms. The standard InChI is InChI=1S/C22H21N3O2/c1-16-8-6-7-11-20(16)24-21(26)18-12-19(14-23-13-18)22(27)25(2)15-17-9-4-3-5-10-17/h3-14H,15H2,1-2H3,(H,24,26). The van der Waals surface area contributed by atoms with Crippen LogP contribution in [-0.2, 0) is 6.54 Å². The van der Waals surface area contributed by atoms with Crippen molar-refractivity contribution in [2.75, 3.05) is 12.4 Å². The first kappa shape index (κ1) is 18.3. The molecule has 0 bridgehead atoms. The van der Waals surface area contributed by atoms with Gasteiger partial charge in [-0.25, -0.2) is 0 Å². The lowest BCUT2D eigenvalue weighted by atomic mass is 10.1. The number of aromatic nitrogens is 1. The monoisotopic (exact) mass is 359 g/mol. The van der Waals surface area contributed by atoms with Crippen molar-refractivity contribution in [3.8, 4) is 0 Å². The van der Waals surface area contributed by atoms with Gasteiger partial charge in [0.15, 0.2) is 0 Å². The number of carbonyl (C=O) groups is 2. The van der Waals surface area contributed by atoms with Gasteiger partial charge in [-0.1, -0.05) is 48.5 Å². The maximum atomic E-state index is 12.7. The molecule has 0 unspecified atom stereocenters. The summed E-state index contributed by atoms with van der Waals surface area (Å²) in [5.74, 6) is -0.478. The Morgan fingerprint density at radius 2 is 1.63 bits per heavy atom. The second-order valence-corrected chi connectivity index (χ2v) is 6.38. The van der Waals surface area contributed by atoms with Crippen molar-refractivity contribution in [3.63, 3.8) is 0 Å². The van der Waals surface area contributed by atoms with Crippen molar-refractivity contribution in [2.45, 2.75) is 13.5 Å². The molecule has 0 saturated heterocycles. The van der Waals surface area contributed by atoms with Crippen LogP contribution in [0.3, 0.4) is 0 Å². The van der Waals surface area contributed by atoms with Gasteiger partial charge in [-0.05, 0) is 30.2 Å². The fourth-order valence-electron chi connectivity index (χ4n) is 2.74. The minimum Gasteiger partial charge on any atom is -0.337 e. The maximum absolute atomic E-state index is 12.7. The van der Waals surface area contributed by atoms with E-state index >= 15 is 0 Å². The van der Waals surface area contributed by atoms with Crippen LogP contribution in [0.2, 0.25) is 0 Å². The highest BCUT2D eigenvalue weighted by atomic mass is 16.2. The van der Waals surface area contributed by atoms with E-state index in [1.165, 1.54) is 12.4 Å². The van der Waals surface area contributed by atoms with Gasteiger partial charge in [0.1, 0.15) is 0 Å². The molecule has 1 N–H and O–H groups in total. The number of pyridine rings is 1. The number of rotatable bonds is 5. The largest absolute Gasteiger partial charge is 0.337 e. The highest BCUT2D eigenvalue weighted by Crippen LogP contribution is 2.15. The van der Waals surface area contributed by atoms with E-state index in [2.05, 4.69) is 10.3 Å². The molecule has 0 aliphatic rings. The van der Waals surface area contributed by atoms with Crippen molar-refractivity contribution in [3.05, 3.63) is 95.3 Å². The summed E-state index contributed by atoms with van der Waals surface area (Å²) in [6, 6.07) is 18.8. The number of benzene rings is 2. The van der Waals surface area contributed by atoms with Crippen molar-refractivity contribution in [2.24, 2.45) is 0 Å². The number of aryl methyl sites for hydroxylation is 1. The molecule has 0 aliphatic carbocycles. The molecular weight excluding hydrogens is 338 g/mol. The molecule has 0 spiro atoms. The van der Waals surface area contributed by atoms with Crippen molar-refractivity contribution < 1.29 is 9.59 Å². The van der Waals surface area contributed by atoms with Gasteiger partial charge in [0.25, 0.3) is 11.8 Å². The summed E-state index contributed by atoms with van der Waals surface area (Å²) in [4.78, 5) is 30.9. The highest BCUT2D eigenvalue weighted by molar-refractivity contribution is 6.06. The summed E-state index contributed by atoms with van der Waals surface area (Å²) in [5, 5.41) is 2.86. The van der Waals surface area contributed by atoms with Crippen molar-refractivity contribution in [1.29, 1.82) is 0 Å². The predicted octanol–water partition coefficient (Wildman–Crippen LogP) is 3.91. The van der Waals surface area contributed by atoms with Crippen molar-refractivity contribution in [1.82, 2.24) is 9.88 Å². The van der Waals surface area contributed by atoms with Gasteiger partial charge in [-0.3, -0.25) is 14.6 Å². The minimum atomic E-state index is -0.294. The minimum absolute atomic E-state index is 0.183. The fourth-order valence-corrected chi connectivity index (χ4v) is 2.74. The molecule has 27 heavy (non-hydrogen) atoms. The summed E-state index contributed by atoms with van der Waals surface area (Å²) in [7, 11) is 1.73. The van der Waals surface area contributed by atoms with Gasteiger partial charge in [-0.2, -0.15) is 0 Å². The molecule has 0 atom stereocenters. The van der Waals surface area contributed by atoms with Crippen LogP contribution in [0.5, 0.6) is 0 Å². The summed E-state index contributed by atoms with van der Waals surface area (Å²) >= 11 is 0. The molecule has 136 valence electrons. The maximum Gasteiger partial charge on any atom is 0.257 e. The number of carbonyl (C=O) groups excluding carboxylic acids is 2. The normalized spacial score (nSPS) is 10.3. The van der Waals surface area contributed by atoms with Gasteiger partial charge >= 0.3 is 0 Å². The number of para-hydroxylation sites is 1. The molecule has 1 aromatic heterocycles. The average molecular weight is 359 g/mol. The summed E-state index contributed by atoms with van der Waals surface area (Å²) in [6.45, 7) is 2.41. The zero-order chi connectivity index (χ0) is 19.2. The van der Waals surface area contributed by atoms with Crippen molar-refractivity contribution >= 4 is 17.5 Å². The SMILES string of the molecule is Cc1ccccc1NC(=O)c1cncc(C(=O)N(C)Cc2ccccc2)c1. The third-order valence-electron chi connectivity index (χ3n) is 4.25. The quantitative estimate of drug-likeness (QED) is 0.751. The fraction of sp³-hybridized carbons (Fsp3) is 0.136. The van der Waals surface area contributed by atoms with Crippen LogP contribution in [0.1, 0.15) is 31.8 Å². The molecule has 1 heterocycles. The van der Waals surface area contributed by atoms with Crippen LogP contribution in [0, 0.1) is 6.92 Å². The lowest BCUT2D eigenvalue weighted by Crippen LogP contribution is -2.26. The molecule has 3 aromatic rings. The number of hydrogen-bond donors (Lipinski definition) is 1. The van der Waals surface area contributed by atoms with Gasteiger partial charge in [-0.15, -0.1) is 0 Å². The molecular formula is C22H21N3O2. The molecule has 0 radical (unpaired) electrons. The molecule has 0 saturated carbocycles. The summed E-state index contributed by atoms with van der Waals surface area (Å²) in [6.07, 6.45) is 2.94. The Morgan fingerprint density at radius 1 is 0.963 bits per heavy atom. The first-order valence-corrected chi connectivity index (χ1v) is 8.66. The Balaban J connectivity index is 1.73. The van der Waals surface area contributed by atoms with E-state index in [0.29, 0.717) is 17.7 Å². The Kier molecular flexibility index (Phi) is 5.61. The van der Waals surface area contributed by atoms with Crippen LogP contribution in [-0.4, -0.2) is 28.7 Å². The number of hydrogen-bond acceptors (Lipinski definition) is 3. The van der Waals surface area contributed by atoms with E-state index in [0.717, 1.165) is 16.8 Å². The Morgan fingerprint density at radius 3 is 2.37 bits per heavy atom. The molecule has 3 rings (SSSR count). The average Bonchev–Trinajstić information content (AvgIpc) is 2.70. The van der Waals surface area contributed by atoms with E-state index in [1.807, 2.05) is 61.5 Å². The topological polar surface area (TPSA) is 62.3 Å². The summed E-state index contributed by atoms with van der Waals surface area (Å²) in [5.41, 5.74) is 3.46. The molecule has 0 aliphatic heterocycles. The lowest BCUT2D eigenvalue weighted by molar-refractivity contribution is 0.0784. The van der Waals surface area contributed by atoms with E-state index in [-0.39, 0.29) is 11.8 Å². The van der Waals surface area contributed by atoms with Crippen LogP contribution in [0.25, 0.3) is 0 Å². The molecule has 0 fully saturated rings. The van der Waals surface area contributed by atoms with Gasteiger partial charge in [0.05, 0.1) is 11.1 Å². The van der Waals surface area contributed by atoms with E-state index < -0.39 is 0 Å². The van der Waals surface area contributed by atoms with E-state index in [9.17, 15) is 9.59 Å². The lowest BCUT2D eigenvalue weighted by Gasteiger charge is -2.17. The highest BCUT2D eigenvalue weighted by Gasteiger charge is 2.15. The third-order valence-corrected chi connectivity index (χ3v) is 4.25.